The standard InChI is InChI=1S/C29H26N2O3/c32-29(13-9-22-8-12-27-28(18-22)34-21-33-27)31(20-24-14-16-30-17-15-24)19-23-6-10-26(11-7-23)25-4-2-1-3-5-25/h1-8,10-12,14-18H,9,13,19-21H2. The van der Waals surface area contributed by atoms with Crippen LogP contribution in [0.15, 0.2) is 97.3 Å². The number of benzene rings is 3. The highest BCUT2D eigenvalue weighted by atomic mass is 16.7. The molecule has 34 heavy (non-hydrogen) atoms. The van der Waals surface area contributed by atoms with Gasteiger partial charge in [0.15, 0.2) is 11.5 Å². The predicted molar refractivity (Wildman–Crippen MR) is 131 cm³/mol. The van der Waals surface area contributed by atoms with Gasteiger partial charge in [0, 0.05) is 31.9 Å². The second-order valence-corrected chi connectivity index (χ2v) is 8.36. The van der Waals surface area contributed by atoms with Crippen LogP contribution in [-0.2, 0) is 24.3 Å². The zero-order valence-electron chi connectivity index (χ0n) is 18.9. The summed E-state index contributed by atoms with van der Waals surface area (Å²) in [6, 6.07) is 28.5. The first-order chi connectivity index (χ1) is 16.7. The molecular formula is C29H26N2O3. The van der Waals surface area contributed by atoms with Crippen LogP contribution < -0.4 is 9.47 Å². The number of rotatable bonds is 8. The van der Waals surface area contributed by atoms with Crippen molar-refractivity contribution in [2.75, 3.05) is 6.79 Å². The fraction of sp³-hybridized carbons (Fsp3) is 0.172. The van der Waals surface area contributed by atoms with E-state index in [1.54, 1.807) is 12.4 Å². The Kier molecular flexibility index (Phi) is 6.52. The second kappa shape index (κ2) is 10.2. The van der Waals surface area contributed by atoms with Crippen LogP contribution in [-0.4, -0.2) is 22.6 Å². The number of fused-ring (bicyclic) bond motifs is 1. The first kappa shape index (κ1) is 21.7. The molecule has 170 valence electrons. The molecule has 0 atom stereocenters. The number of hydrogen-bond acceptors (Lipinski definition) is 4. The molecular weight excluding hydrogens is 424 g/mol. The van der Waals surface area contributed by atoms with Crippen molar-refractivity contribution in [3.63, 3.8) is 0 Å². The van der Waals surface area contributed by atoms with Crippen LogP contribution in [0.25, 0.3) is 11.1 Å². The summed E-state index contributed by atoms with van der Waals surface area (Å²) in [6.45, 7) is 1.35. The van der Waals surface area contributed by atoms with Gasteiger partial charge in [0.1, 0.15) is 0 Å². The number of amides is 1. The lowest BCUT2D eigenvalue weighted by molar-refractivity contribution is -0.132. The van der Waals surface area contributed by atoms with Gasteiger partial charge in [-0.1, -0.05) is 60.7 Å². The summed E-state index contributed by atoms with van der Waals surface area (Å²) in [7, 11) is 0. The molecule has 5 nitrogen and oxygen atoms in total. The molecule has 0 bridgehead atoms. The number of ether oxygens (including phenoxy) is 2. The topological polar surface area (TPSA) is 51.7 Å². The Morgan fingerprint density at radius 3 is 2.15 bits per heavy atom. The van der Waals surface area contributed by atoms with E-state index in [-0.39, 0.29) is 12.7 Å². The van der Waals surface area contributed by atoms with Crippen molar-refractivity contribution in [3.05, 3.63) is 114 Å². The Morgan fingerprint density at radius 1 is 0.735 bits per heavy atom. The highest BCUT2D eigenvalue weighted by Crippen LogP contribution is 2.32. The minimum Gasteiger partial charge on any atom is -0.454 e. The van der Waals surface area contributed by atoms with E-state index >= 15 is 0 Å². The molecule has 0 radical (unpaired) electrons. The molecule has 1 aromatic heterocycles. The molecule has 5 heteroatoms. The summed E-state index contributed by atoms with van der Waals surface area (Å²) in [4.78, 5) is 19.3. The van der Waals surface area contributed by atoms with Gasteiger partial charge in [-0.2, -0.15) is 0 Å². The summed E-state index contributed by atoms with van der Waals surface area (Å²) in [5.41, 5.74) is 5.58. The Hall–Kier alpha value is -4.12. The molecule has 4 aromatic rings. The molecule has 0 spiro atoms. The Balaban J connectivity index is 1.29. The summed E-state index contributed by atoms with van der Waals surface area (Å²) < 4.78 is 10.9. The number of carbonyl (C=O) groups is 1. The van der Waals surface area contributed by atoms with Gasteiger partial charge in [-0.3, -0.25) is 9.78 Å². The molecule has 0 fully saturated rings. The van der Waals surface area contributed by atoms with E-state index in [2.05, 4.69) is 41.4 Å². The van der Waals surface area contributed by atoms with Gasteiger partial charge in [-0.25, -0.2) is 0 Å². The fourth-order valence-electron chi connectivity index (χ4n) is 4.10. The SMILES string of the molecule is O=C(CCc1ccc2c(c1)OCO2)N(Cc1ccncc1)Cc1ccc(-c2ccccc2)cc1. The molecule has 0 unspecified atom stereocenters. The van der Waals surface area contributed by atoms with Crippen LogP contribution in [0.3, 0.4) is 0 Å². The number of nitrogens with zero attached hydrogens (tertiary/aromatic N) is 2. The molecule has 2 heterocycles. The van der Waals surface area contributed by atoms with Gasteiger partial charge in [0.05, 0.1) is 0 Å². The highest BCUT2D eigenvalue weighted by Gasteiger charge is 2.17. The van der Waals surface area contributed by atoms with Gasteiger partial charge >= 0.3 is 0 Å². The van der Waals surface area contributed by atoms with Gasteiger partial charge in [0.25, 0.3) is 0 Å². The van der Waals surface area contributed by atoms with E-state index in [9.17, 15) is 4.79 Å². The first-order valence-corrected chi connectivity index (χ1v) is 11.4. The van der Waals surface area contributed by atoms with Crippen LogP contribution in [0.4, 0.5) is 0 Å². The second-order valence-electron chi connectivity index (χ2n) is 8.36. The lowest BCUT2D eigenvalue weighted by atomic mass is 10.0. The van der Waals surface area contributed by atoms with Gasteiger partial charge < -0.3 is 14.4 Å². The van der Waals surface area contributed by atoms with Crippen LogP contribution in [0.5, 0.6) is 11.5 Å². The monoisotopic (exact) mass is 450 g/mol. The fourth-order valence-corrected chi connectivity index (χ4v) is 4.10. The summed E-state index contributed by atoms with van der Waals surface area (Å²) in [5.74, 6) is 1.62. The van der Waals surface area contributed by atoms with E-state index < -0.39 is 0 Å². The minimum atomic E-state index is 0.113. The zero-order chi connectivity index (χ0) is 23.2. The zero-order valence-corrected chi connectivity index (χ0v) is 18.9. The Morgan fingerprint density at radius 2 is 1.38 bits per heavy atom. The van der Waals surface area contributed by atoms with Crippen LogP contribution in [0, 0.1) is 0 Å². The van der Waals surface area contributed by atoms with Gasteiger partial charge in [-0.15, -0.1) is 0 Å². The van der Waals surface area contributed by atoms with E-state index in [0.29, 0.717) is 25.9 Å². The average Bonchev–Trinajstić information content (AvgIpc) is 3.36. The Labute approximate surface area is 199 Å². The lowest BCUT2D eigenvalue weighted by Gasteiger charge is -2.23. The van der Waals surface area contributed by atoms with Crippen molar-refractivity contribution in [2.45, 2.75) is 25.9 Å². The average molecular weight is 451 g/mol. The third-order valence-corrected chi connectivity index (χ3v) is 5.97. The quantitative estimate of drug-likeness (QED) is 0.349. The maximum Gasteiger partial charge on any atom is 0.231 e. The maximum absolute atomic E-state index is 13.3. The lowest BCUT2D eigenvalue weighted by Crippen LogP contribution is -2.30. The molecule has 0 saturated heterocycles. The normalized spacial score (nSPS) is 11.9. The summed E-state index contributed by atoms with van der Waals surface area (Å²) >= 11 is 0. The molecule has 1 aliphatic heterocycles. The third-order valence-electron chi connectivity index (χ3n) is 5.97. The molecule has 1 aliphatic rings. The largest absolute Gasteiger partial charge is 0.454 e. The molecule has 0 aliphatic carbocycles. The molecule has 1 amide bonds. The van der Waals surface area contributed by atoms with Crippen molar-refractivity contribution in [2.24, 2.45) is 0 Å². The molecule has 0 saturated carbocycles. The number of aryl methyl sites for hydroxylation is 1. The van der Waals surface area contributed by atoms with Crippen molar-refractivity contribution >= 4 is 5.91 Å². The van der Waals surface area contributed by atoms with E-state index in [0.717, 1.165) is 28.2 Å². The molecule has 0 N–H and O–H groups in total. The molecule has 3 aromatic carbocycles. The summed E-state index contributed by atoms with van der Waals surface area (Å²) in [6.07, 6.45) is 4.60. The van der Waals surface area contributed by atoms with E-state index in [1.165, 1.54) is 11.1 Å². The van der Waals surface area contributed by atoms with Gasteiger partial charge in [0.2, 0.25) is 12.7 Å². The van der Waals surface area contributed by atoms with E-state index in [1.807, 2.05) is 53.4 Å². The predicted octanol–water partition coefficient (Wildman–Crippen LogP) is 5.64. The number of carbonyl (C=O) groups excluding carboxylic acids is 1. The number of hydrogen-bond donors (Lipinski definition) is 0. The minimum absolute atomic E-state index is 0.113. The first-order valence-electron chi connectivity index (χ1n) is 11.4. The van der Waals surface area contributed by atoms with Crippen LogP contribution >= 0.6 is 0 Å². The maximum atomic E-state index is 13.3. The van der Waals surface area contributed by atoms with Crippen LogP contribution in [0.1, 0.15) is 23.1 Å². The van der Waals surface area contributed by atoms with Crippen molar-refractivity contribution < 1.29 is 14.3 Å². The Bertz CT molecular complexity index is 1240. The van der Waals surface area contributed by atoms with Crippen molar-refractivity contribution in [1.29, 1.82) is 0 Å². The number of aromatic nitrogens is 1. The third kappa shape index (κ3) is 5.26. The smallest absolute Gasteiger partial charge is 0.231 e. The number of pyridine rings is 1. The van der Waals surface area contributed by atoms with E-state index in [4.69, 9.17) is 9.47 Å². The van der Waals surface area contributed by atoms with Crippen LogP contribution in [0.2, 0.25) is 0 Å². The molecule has 5 rings (SSSR count). The van der Waals surface area contributed by atoms with Gasteiger partial charge in [-0.05, 0) is 58.5 Å². The van der Waals surface area contributed by atoms with Crippen molar-refractivity contribution in [1.82, 2.24) is 9.88 Å². The summed E-state index contributed by atoms with van der Waals surface area (Å²) in [5, 5.41) is 0. The highest BCUT2D eigenvalue weighted by molar-refractivity contribution is 5.76. The van der Waals surface area contributed by atoms with Crippen molar-refractivity contribution in [3.8, 4) is 22.6 Å².